The van der Waals surface area contributed by atoms with E-state index in [1.165, 1.54) is 4.52 Å². The number of nitrogens with zero attached hydrogens (tertiary/aromatic N) is 3. The van der Waals surface area contributed by atoms with Crippen LogP contribution in [0.1, 0.15) is 11.3 Å². The molecule has 0 unspecified atom stereocenters. The van der Waals surface area contributed by atoms with E-state index in [4.69, 9.17) is 0 Å². The molecule has 7 heteroatoms. The number of benzene rings is 1. The first kappa shape index (κ1) is 15.1. The minimum Gasteiger partial charge on any atom is -0.325 e. The van der Waals surface area contributed by atoms with Crippen LogP contribution in [0.15, 0.2) is 53.6 Å². The summed E-state index contributed by atoms with van der Waals surface area (Å²) in [5, 5.41) is 6.52. The van der Waals surface area contributed by atoms with E-state index in [0.717, 1.165) is 10.9 Å². The number of amides is 1. The lowest BCUT2D eigenvalue weighted by molar-refractivity contribution is -0.115. The largest absolute Gasteiger partial charge is 0.325 e. The lowest BCUT2D eigenvalue weighted by atomic mass is 10.1. The molecule has 3 aromatic heterocycles. The molecule has 7 nitrogen and oxygen atoms in total. The fourth-order valence-electron chi connectivity index (χ4n) is 2.88. The monoisotopic (exact) mass is 333 g/mol. The fourth-order valence-corrected chi connectivity index (χ4v) is 2.88. The number of carbonyl (C=O) groups excluding carboxylic acids is 1. The Bertz CT molecular complexity index is 1150. The van der Waals surface area contributed by atoms with E-state index in [9.17, 15) is 9.59 Å². The summed E-state index contributed by atoms with van der Waals surface area (Å²) in [6.45, 7) is 1.73. The van der Waals surface area contributed by atoms with E-state index >= 15 is 0 Å². The molecule has 124 valence electrons. The zero-order valence-electron chi connectivity index (χ0n) is 13.5. The predicted octanol–water partition coefficient (Wildman–Crippen LogP) is 2.06. The molecule has 4 rings (SSSR count). The van der Waals surface area contributed by atoms with Crippen LogP contribution in [0.2, 0.25) is 0 Å². The lowest BCUT2D eigenvalue weighted by Crippen LogP contribution is -2.26. The average molecular weight is 333 g/mol. The van der Waals surface area contributed by atoms with Crippen molar-refractivity contribution in [1.82, 2.24) is 19.6 Å². The standard InChI is InChI=1S/C18H15N5O2/c1-11-13(18(25)23-16(21-11)7-9-20-23)10-17(24)22-15-6-2-5-14-12(15)4-3-8-19-14/h2-9,20H,10H2,1H3,(H,22,24). The molecule has 0 bridgehead atoms. The quantitative estimate of drug-likeness (QED) is 0.600. The van der Waals surface area contributed by atoms with Gasteiger partial charge in [-0.2, -0.15) is 0 Å². The van der Waals surface area contributed by atoms with Gasteiger partial charge in [0, 0.05) is 35.1 Å². The van der Waals surface area contributed by atoms with Crippen LogP contribution in [-0.2, 0) is 11.2 Å². The topological polar surface area (TPSA) is 92.2 Å². The number of aromatic amines is 1. The number of H-pyrrole nitrogens is 1. The van der Waals surface area contributed by atoms with Crippen LogP contribution in [0.25, 0.3) is 16.6 Å². The van der Waals surface area contributed by atoms with E-state index in [1.807, 2.05) is 30.3 Å². The maximum absolute atomic E-state index is 12.5. The van der Waals surface area contributed by atoms with Crippen LogP contribution in [-0.4, -0.2) is 25.5 Å². The third-order valence-corrected chi connectivity index (χ3v) is 4.10. The van der Waals surface area contributed by atoms with Gasteiger partial charge in [-0.15, -0.1) is 0 Å². The third-order valence-electron chi connectivity index (χ3n) is 4.10. The van der Waals surface area contributed by atoms with Crippen molar-refractivity contribution < 1.29 is 4.79 Å². The number of pyridine rings is 1. The molecule has 0 atom stereocenters. The summed E-state index contributed by atoms with van der Waals surface area (Å²) in [7, 11) is 0. The van der Waals surface area contributed by atoms with E-state index in [2.05, 4.69) is 20.4 Å². The van der Waals surface area contributed by atoms with Gasteiger partial charge in [-0.05, 0) is 31.2 Å². The molecular formula is C18H15N5O2. The molecule has 0 aliphatic rings. The minimum absolute atomic E-state index is 0.0454. The highest BCUT2D eigenvalue weighted by atomic mass is 16.2. The van der Waals surface area contributed by atoms with Gasteiger partial charge in [-0.1, -0.05) is 6.07 Å². The average Bonchev–Trinajstić information content (AvgIpc) is 3.07. The lowest BCUT2D eigenvalue weighted by Gasteiger charge is -2.09. The van der Waals surface area contributed by atoms with Crippen molar-refractivity contribution in [2.24, 2.45) is 0 Å². The Kier molecular flexibility index (Phi) is 3.53. The Morgan fingerprint density at radius 2 is 2.12 bits per heavy atom. The van der Waals surface area contributed by atoms with Gasteiger partial charge in [0.1, 0.15) is 0 Å². The number of aryl methyl sites for hydroxylation is 1. The van der Waals surface area contributed by atoms with Crippen molar-refractivity contribution >= 4 is 28.1 Å². The van der Waals surface area contributed by atoms with Crippen LogP contribution in [0, 0.1) is 6.92 Å². The molecule has 3 heterocycles. The zero-order valence-corrected chi connectivity index (χ0v) is 13.5. The highest BCUT2D eigenvalue weighted by molar-refractivity contribution is 6.01. The number of rotatable bonds is 3. The number of fused-ring (bicyclic) bond motifs is 2. The maximum atomic E-state index is 12.5. The van der Waals surface area contributed by atoms with Crippen LogP contribution >= 0.6 is 0 Å². The third kappa shape index (κ3) is 2.65. The molecule has 0 radical (unpaired) electrons. The predicted molar refractivity (Wildman–Crippen MR) is 94.6 cm³/mol. The number of carbonyl (C=O) groups is 1. The molecule has 0 fully saturated rings. The Labute approximate surface area is 142 Å². The van der Waals surface area contributed by atoms with Gasteiger partial charge in [0.15, 0.2) is 5.65 Å². The van der Waals surface area contributed by atoms with Crippen LogP contribution in [0.3, 0.4) is 0 Å². The summed E-state index contributed by atoms with van der Waals surface area (Å²) < 4.78 is 1.33. The van der Waals surface area contributed by atoms with Gasteiger partial charge in [-0.25, -0.2) is 9.50 Å². The molecule has 4 aromatic rings. The second-order valence-electron chi connectivity index (χ2n) is 5.74. The molecule has 1 amide bonds. The number of anilines is 1. The fraction of sp³-hybridized carbons (Fsp3) is 0.111. The van der Waals surface area contributed by atoms with Gasteiger partial charge in [0.2, 0.25) is 5.91 Å². The van der Waals surface area contributed by atoms with Gasteiger partial charge >= 0.3 is 0 Å². The molecule has 0 aliphatic heterocycles. The second-order valence-corrected chi connectivity index (χ2v) is 5.74. The Balaban J connectivity index is 1.65. The Hall–Kier alpha value is -3.48. The van der Waals surface area contributed by atoms with Crippen molar-refractivity contribution in [2.75, 3.05) is 5.32 Å². The van der Waals surface area contributed by atoms with E-state index < -0.39 is 0 Å². The van der Waals surface area contributed by atoms with Crippen LogP contribution in [0.4, 0.5) is 5.69 Å². The molecule has 0 spiro atoms. The van der Waals surface area contributed by atoms with Crippen molar-refractivity contribution in [3.63, 3.8) is 0 Å². The van der Waals surface area contributed by atoms with Crippen molar-refractivity contribution in [1.29, 1.82) is 0 Å². The van der Waals surface area contributed by atoms with Crippen LogP contribution in [0.5, 0.6) is 0 Å². The smallest absolute Gasteiger partial charge is 0.276 e. The maximum Gasteiger partial charge on any atom is 0.276 e. The number of nitrogens with one attached hydrogen (secondary N) is 2. The summed E-state index contributed by atoms with van der Waals surface area (Å²) in [4.78, 5) is 33.6. The Morgan fingerprint density at radius 3 is 3.00 bits per heavy atom. The summed E-state index contributed by atoms with van der Waals surface area (Å²) in [5.41, 5.74) is 2.66. The molecule has 0 saturated heterocycles. The van der Waals surface area contributed by atoms with Gasteiger partial charge < -0.3 is 5.32 Å². The first-order valence-corrected chi connectivity index (χ1v) is 7.83. The van der Waals surface area contributed by atoms with Crippen molar-refractivity contribution in [2.45, 2.75) is 13.3 Å². The first-order valence-electron chi connectivity index (χ1n) is 7.83. The molecule has 25 heavy (non-hydrogen) atoms. The summed E-state index contributed by atoms with van der Waals surface area (Å²) in [6, 6.07) is 10.9. The number of aromatic nitrogens is 4. The Morgan fingerprint density at radius 1 is 1.24 bits per heavy atom. The van der Waals surface area contributed by atoms with Gasteiger partial charge in [-0.3, -0.25) is 19.7 Å². The van der Waals surface area contributed by atoms with E-state index in [-0.39, 0.29) is 17.9 Å². The summed E-state index contributed by atoms with van der Waals surface area (Å²) in [6.07, 6.45) is 3.29. The number of hydrogen-bond donors (Lipinski definition) is 2. The van der Waals surface area contributed by atoms with Crippen molar-refractivity contribution in [3.05, 3.63) is 70.4 Å². The van der Waals surface area contributed by atoms with E-state index in [1.54, 1.807) is 25.4 Å². The van der Waals surface area contributed by atoms with E-state index in [0.29, 0.717) is 22.6 Å². The van der Waals surface area contributed by atoms with Gasteiger partial charge in [0.25, 0.3) is 5.56 Å². The SMILES string of the molecule is Cc1nc2cc[nH]n2c(=O)c1CC(=O)Nc1cccc2ncccc12. The highest BCUT2D eigenvalue weighted by Crippen LogP contribution is 2.21. The van der Waals surface area contributed by atoms with Crippen molar-refractivity contribution in [3.8, 4) is 0 Å². The summed E-state index contributed by atoms with van der Waals surface area (Å²) >= 11 is 0. The summed E-state index contributed by atoms with van der Waals surface area (Å²) in [5.74, 6) is -0.273. The normalized spacial score (nSPS) is 11.1. The molecule has 1 aromatic carbocycles. The minimum atomic E-state index is -0.273. The van der Waals surface area contributed by atoms with Crippen LogP contribution < -0.4 is 10.9 Å². The zero-order chi connectivity index (χ0) is 17.4. The second kappa shape index (κ2) is 5.86. The molecule has 2 N–H and O–H groups in total. The molecule has 0 saturated carbocycles. The number of hydrogen-bond acceptors (Lipinski definition) is 4. The molecular weight excluding hydrogens is 318 g/mol. The first-order chi connectivity index (χ1) is 12.1. The highest BCUT2D eigenvalue weighted by Gasteiger charge is 2.15. The van der Waals surface area contributed by atoms with Gasteiger partial charge in [0.05, 0.1) is 17.6 Å². The molecule has 0 aliphatic carbocycles.